The van der Waals surface area contributed by atoms with Gasteiger partial charge in [-0.15, -0.1) is 11.8 Å². The zero-order valence-corrected chi connectivity index (χ0v) is 28.2. The van der Waals surface area contributed by atoms with Gasteiger partial charge in [-0.1, -0.05) is 99.7 Å². The molecule has 0 saturated carbocycles. The average molecular weight is 609 g/mol. The van der Waals surface area contributed by atoms with Crippen LogP contribution in [0.2, 0.25) is 5.04 Å². The van der Waals surface area contributed by atoms with Crippen molar-refractivity contribution in [1.29, 1.82) is 0 Å². The number of thioether (sulfide) groups is 1. The van der Waals surface area contributed by atoms with Gasteiger partial charge in [-0.05, 0) is 66.9 Å². The lowest BCUT2D eigenvalue weighted by Crippen LogP contribution is -2.69. The maximum Gasteiger partial charge on any atom is 0.333 e. The first kappa shape index (κ1) is 34.1. The van der Waals surface area contributed by atoms with Crippen LogP contribution >= 0.6 is 11.8 Å². The first-order valence-electron chi connectivity index (χ1n) is 14.7. The molecule has 0 spiro atoms. The van der Waals surface area contributed by atoms with E-state index in [2.05, 4.69) is 75.4 Å². The highest BCUT2D eigenvalue weighted by atomic mass is 32.2. The number of hydrogen-bond donors (Lipinski definition) is 1. The molecular formula is C35H48O5SSi. The van der Waals surface area contributed by atoms with E-state index in [9.17, 15) is 9.90 Å². The van der Waals surface area contributed by atoms with Crippen LogP contribution in [0.5, 0.6) is 0 Å². The first-order chi connectivity index (χ1) is 20.0. The molecule has 1 aliphatic rings. The minimum atomic E-state index is -3.02. The van der Waals surface area contributed by atoms with Gasteiger partial charge in [-0.2, -0.15) is 0 Å². The number of allylic oxidation sites excluding steroid dienone is 1. The van der Waals surface area contributed by atoms with Crippen molar-refractivity contribution in [3.05, 3.63) is 95.6 Å². The van der Waals surface area contributed by atoms with E-state index in [1.54, 1.807) is 18.7 Å². The van der Waals surface area contributed by atoms with Crippen LogP contribution in [0.4, 0.5) is 0 Å². The maximum absolute atomic E-state index is 13.0. The summed E-state index contributed by atoms with van der Waals surface area (Å²) in [7, 11) is -3.02. The van der Waals surface area contributed by atoms with Crippen molar-refractivity contribution in [2.45, 2.75) is 90.8 Å². The summed E-state index contributed by atoms with van der Waals surface area (Å²) in [6, 6.07) is 20.9. The standard InChI is InChI=1S/C35H48O5SSi/c1-9-25(2)30-22-20-26(3)33(32(36)31(38-24-41-8)23-21-27(4)34(37)39-30)40-42(35(5,6)7,28-16-12-10-13-17-28)29-18-14-11-15-19-29/h9-21,30-33,36H,22-24H2,1-8H3/b25-9-,26-20-,27-21-/t30-,31?,32-,33-/m1/s1. The number of carbonyl (C=O) groups is 1. The van der Waals surface area contributed by atoms with Gasteiger partial charge in [0.1, 0.15) is 12.2 Å². The molecular weight excluding hydrogens is 561 g/mol. The van der Waals surface area contributed by atoms with Crippen LogP contribution < -0.4 is 10.4 Å². The molecule has 2 aromatic rings. The van der Waals surface area contributed by atoms with E-state index >= 15 is 0 Å². The third-order valence-electron chi connectivity index (χ3n) is 8.11. The van der Waals surface area contributed by atoms with Crippen LogP contribution in [0, 0.1) is 0 Å². The number of rotatable bonds is 8. The van der Waals surface area contributed by atoms with Gasteiger partial charge in [0.15, 0.2) is 0 Å². The molecule has 5 nitrogen and oxygen atoms in total. The fourth-order valence-electron chi connectivity index (χ4n) is 5.49. The Labute approximate surface area is 258 Å². The first-order valence-corrected chi connectivity index (χ1v) is 18.0. The zero-order chi connectivity index (χ0) is 30.9. The summed E-state index contributed by atoms with van der Waals surface area (Å²) >= 11 is 1.55. The summed E-state index contributed by atoms with van der Waals surface area (Å²) in [6.07, 6.45) is 6.02. The van der Waals surface area contributed by atoms with Crippen molar-refractivity contribution in [2.24, 2.45) is 0 Å². The van der Waals surface area contributed by atoms with Crippen molar-refractivity contribution in [3.8, 4) is 0 Å². The quantitative estimate of drug-likeness (QED) is 0.158. The molecule has 0 aliphatic carbocycles. The summed E-state index contributed by atoms with van der Waals surface area (Å²) in [4.78, 5) is 13.0. The van der Waals surface area contributed by atoms with E-state index in [0.717, 1.165) is 21.5 Å². The lowest BCUT2D eigenvalue weighted by Gasteiger charge is -2.47. The molecule has 42 heavy (non-hydrogen) atoms. The lowest BCUT2D eigenvalue weighted by atomic mass is 9.96. The number of carbonyl (C=O) groups excluding carboxylic acids is 1. The molecule has 0 saturated heterocycles. The Balaban J connectivity index is 2.25. The molecule has 228 valence electrons. The van der Waals surface area contributed by atoms with Gasteiger partial charge >= 0.3 is 5.97 Å². The number of aliphatic hydroxyl groups excluding tert-OH is 1. The topological polar surface area (TPSA) is 65.0 Å². The molecule has 7 heteroatoms. The predicted octanol–water partition coefficient (Wildman–Crippen LogP) is 6.56. The molecule has 0 fully saturated rings. The number of esters is 1. The molecule has 1 unspecified atom stereocenters. The molecule has 0 radical (unpaired) electrons. The van der Waals surface area contributed by atoms with Gasteiger partial charge in [-0.25, -0.2) is 4.79 Å². The van der Waals surface area contributed by atoms with E-state index in [0.29, 0.717) is 24.4 Å². The van der Waals surface area contributed by atoms with Crippen LogP contribution in [0.15, 0.2) is 95.6 Å². The van der Waals surface area contributed by atoms with Gasteiger partial charge in [0.05, 0.1) is 18.1 Å². The van der Waals surface area contributed by atoms with Gasteiger partial charge in [0.2, 0.25) is 0 Å². The summed E-state index contributed by atoms with van der Waals surface area (Å²) < 4.78 is 19.7. The third-order valence-corrected chi connectivity index (χ3v) is 13.5. The molecule has 0 aromatic heterocycles. The molecule has 0 amide bonds. The van der Waals surface area contributed by atoms with E-state index in [1.165, 1.54) is 0 Å². The smallest absolute Gasteiger partial charge is 0.333 e. The average Bonchev–Trinajstić information content (AvgIpc) is 2.98. The second-order valence-electron chi connectivity index (χ2n) is 12.0. The Kier molecular flexibility index (Phi) is 12.4. The highest BCUT2D eigenvalue weighted by Gasteiger charge is 2.53. The van der Waals surface area contributed by atoms with Gasteiger partial charge in [-0.3, -0.25) is 0 Å². The van der Waals surface area contributed by atoms with E-state index in [1.807, 2.05) is 51.3 Å². The Hall–Kier alpha value is -2.42. The van der Waals surface area contributed by atoms with Crippen LogP contribution in [0.25, 0.3) is 0 Å². The summed E-state index contributed by atoms with van der Waals surface area (Å²) in [5.41, 5.74) is 2.36. The van der Waals surface area contributed by atoms with Crippen molar-refractivity contribution in [1.82, 2.24) is 0 Å². The van der Waals surface area contributed by atoms with Crippen molar-refractivity contribution in [2.75, 3.05) is 12.2 Å². The largest absolute Gasteiger partial charge is 0.454 e. The summed E-state index contributed by atoms with van der Waals surface area (Å²) in [5, 5.41) is 14.2. The Morgan fingerprint density at radius 2 is 1.60 bits per heavy atom. The Morgan fingerprint density at radius 1 is 1.02 bits per heavy atom. The molecule has 2 aromatic carbocycles. The second kappa shape index (κ2) is 15.3. The molecule has 3 rings (SSSR count). The van der Waals surface area contributed by atoms with Crippen LogP contribution in [-0.4, -0.2) is 56.0 Å². The van der Waals surface area contributed by atoms with Gasteiger partial charge in [0.25, 0.3) is 8.32 Å². The van der Waals surface area contributed by atoms with Gasteiger partial charge < -0.3 is 19.0 Å². The summed E-state index contributed by atoms with van der Waals surface area (Å²) in [5.74, 6) is 0.0575. The van der Waals surface area contributed by atoms with Crippen molar-refractivity contribution in [3.63, 3.8) is 0 Å². The van der Waals surface area contributed by atoms with Crippen LogP contribution in [-0.2, 0) is 18.7 Å². The molecule has 0 bridgehead atoms. The minimum absolute atomic E-state index is 0.273. The van der Waals surface area contributed by atoms with E-state index in [-0.39, 0.29) is 11.0 Å². The Morgan fingerprint density at radius 3 is 2.10 bits per heavy atom. The van der Waals surface area contributed by atoms with E-state index < -0.39 is 32.7 Å². The fraction of sp³-hybridized carbons (Fsp3) is 0.457. The number of aliphatic hydroxyl groups is 1. The molecule has 1 N–H and O–H groups in total. The zero-order valence-electron chi connectivity index (χ0n) is 26.4. The fourth-order valence-corrected chi connectivity index (χ4v) is 10.5. The molecule has 4 atom stereocenters. The van der Waals surface area contributed by atoms with Gasteiger partial charge in [0, 0.05) is 12.0 Å². The number of benzene rings is 2. The van der Waals surface area contributed by atoms with Crippen LogP contribution in [0.3, 0.4) is 0 Å². The normalized spacial score (nSPS) is 25.7. The van der Waals surface area contributed by atoms with Crippen molar-refractivity contribution < 1.29 is 23.8 Å². The molecule has 1 heterocycles. The third kappa shape index (κ3) is 7.94. The number of ether oxygens (including phenoxy) is 2. The highest BCUT2D eigenvalue weighted by Crippen LogP contribution is 2.39. The second-order valence-corrected chi connectivity index (χ2v) is 17.1. The Bertz CT molecular complexity index is 1210. The predicted molar refractivity (Wildman–Crippen MR) is 178 cm³/mol. The van der Waals surface area contributed by atoms with E-state index in [4.69, 9.17) is 13.9 Å². The highest BCUT2D eigenvalue weighted by molar-refractivity contribution is 7.98. The molecule has 1 aliphatic heterocycles. The number of hydrogen-bond acceptors (Lipinski definition) is 6. The monoisotopic (exact) mass is 608 g/mol. The SMILES string of the molecule is C/C=C(/C)[C@H]1C/C=C(/C)[C@@H](O[Si](c2ccccc2)(c2ccccc2)C(C)(C)C)[C@H](O)C(OCSC)C/C=C(/C)C(=O)O1. The van der Waals surface area contributed by atoms with Crippen LogP contribution in [0.1, 0.15) is 61.3 Å². The lowest BCUT2D eigenvalue weighted by molar-refractivity contribution is -0.142. The minimum Gasteiger partial charge on any atom is -0.454 e. The number of cyclic esters (lactones) is 1. The van der Waals surface area contributed by atoms with Crippen molar-refractivity contribution >= 4 is 36.4 Å². The maximum atomic E-state index is 13.0. The summed E-state index contributed by atoms with van der Waals surface area (Å²) in [6.45, 7) is 14.4.